The fraction of sp³-hybridized carbons (Fsp3) is 0.600. The number of likely N-dealkylation sites (tertiary alicyclic amines) is 1. The van der Waals surface area contributed by atoms with Crippen molar-refractivity contribution in [3.63, 3.8) is 0 Å². The van der Waals surface area contributed by atoms with E-state index in [-0.39, 0.29) is 12.2 Å². The first kappa shape index (κ1) is 17.2. The van der Waals surface area contributed by atoms with Crippen LogP contribution in [0.15, 0.2) is 12.3 Å². The van der Waals surface area contributed by atoms with Crippen LogP contribution in [-0.4, -0.2) is 40.8 Å². The van der Waals surface area contributed by atoms with E-state index in [1.54, 1.807) is 11.0 Å². The van der Waals surface area contributed by atoms with Gasteiger partial charge in [-0.1, -0.05) is 23.2 Å². The molecule has 0 unspecified atom stereocenters. The lowest BCUT2D eigenvalue weighted by molar-refractivity contribution is 0.0123. The number of rotatable bonds is 2. The minimum absolute atomic E-state index is 0.0233. The van der Waals surface area contributed by atoms with Crippen LogP contribution in [0.5, 0.6) is 5.88 Å². The van der Waals surface area contributed by atoms with Crippen molar-refractivity contribution in [3.8, 4) is 5.88 Å². The molecule has 1 aliphatic heterocycles. The third kappa shape index (κ3) is 4.92. The molecule has 1 aromatic heterocycles. The average molecular weight is 347 g/mol. The Morgan fingerprint density at radius 3 is 2.50 bits per heavy atom. The summed E-state index contributed by atoms with van der Waals surface area (Å²) < 4.78 is 11.2. The maximum absolute atomic E-state index is 12.0. The normalized spacial score (nSPS) is 16.5. The van der Waals surface area contributed by atoms with Crippen LogP contribution in [0.25, 0.3) is 0 Å². The van der Waals surface area contributed by atoms with Crippen molar-refractivity contribution in [2.75, 3.05) is 13.1 Å². The number of hydrogen-bond acceptors (Lipinski definition) is 4. The molecule has 0 saturated carbocycles. The molecular weight excluding hydrogens is 327 g/mol. The third-order valence-electron chi connectivity index (χ3n) is 3.15. The van der Waals surface area contributed by atoms with Crippen molar-refractivity contribution < 1.29 is 14.3 Å². The molecule has 0 aromatic carbocycles. The maximum atomic E-state index is 12.0. The zero-order chi connectivity index (χ0) is 16.3. The predicted octanol–water partition coefficient (Wildman–Crippen LogP) is 4.17. The van der Waals surface area contributed by atoms with E-state index in [0.717, 1.165) is 0 Å². The van der Waals surface area contributed by atoms with E-state index in [1.165, 1.54) is 6.20 Å². The zero-order valence-corrected chi connectivity index (χ0v) is 14.4. The summed E-state index contributed by atoms with van der Waals surface area (Å²) in [4.78, 5) is 17.8. The lowest BCUT2D eigenvalue weighted by Crippen LogP contribution is -2.44. The van der Waals surface area contributed by atoms with Gasteiger partial charge in [-0.2, -0.15) is 0 Å². The molecular formula is C15H20Cl2N2O3. The van der Waals surface area contributed by atoms with E-state index in [4.69, 9.17) is 32.7 Å². The van der Waals surface area contributed by atoms with Gasteiger partial charge in [0.15, 0.2) is 0 Å². The Balaban J connectivity index is 1.86. The van der Waals surface area contributed by atoms with Crippen molar-refractivity contribution in [1.29, 1.82) is 0 Å². The van der Waals surface area contributed by atoms with E-state index in [2.05, 4.69) is 4.98 Å². The number of halogens is 2. The molecule has 5 nitrogen and oxygen atoms in total. The summed E-state index contributed by atoms with van der Waals surface area (Å²) >= 11 is 11.8. The Labute approximate surface area is 140 Å². The summed E-state index contributed by atoms with van der Waals surface area (Å²) in [6.45, 7) is 6.74. The second-order valence-electron chi connectivity index (χ2n) is 6.23. The molecule has 1 amide bonds. The van der Waals surface area contributed by atoms with Gasteiger partial charge in [0, 0.05) is 32.1 Å². The van der Waals surface area contributed by atoms with Gasteiger partial charge in [-0.15, -0.1) is 0 Å². The van der Waals surface area contributed by atoms with E-state index < -0.39 is 5.60 Å². The lowest BCUT2D eigenvalue weighted by Gasteiger charge is -2.33. The summed E-state index contributed by atoms with van der Waals surface area (Å²) in [5.74, 6) is 0.377. The highest BCUT2D eigenvalue weighted by atomic mass is 35.5. The van der Waals surface area contributed by atoms with Gasteiger partial charge >= 0.3 is 6.09 Å². The highest BCUT2D eigenvalue weighted by Crippen LogP contribution is 2.27. The first-order valence-electron chi connectivity index (χ1n) is 7.20. The Bertz CT molecular complexity index is 538. The largest absolute Gasteiger partial charge is 0.473 e. The van der Waals surface area contributed by atoms with Gasteiger partial charge in [-0.25, -0.2) is 9.78 Å². The Morgan fingerprint density at radius 2 is 1.95 bits per heavy atom. The summed E-state index contributed by atoms with van der Waals surface area (Å²) in [6.07, 6.45) is 2.61. The van der Waals surface area contributed by atoms with Crippen LogP contribution < -0.4 is 4.74 Å². The second kappa shape index (κ2) is 6.92. The molecule has 1 saturated heterocycles. The van der Waals surface area contributed by atoms with Crippen LogP contribution in [0.1, 0.15) is 33.6 Å². The quantitative estimate of drug-likeness (QED) is 0.806. The number of piperidine rings is 1. The fourth-order valence-electron chi connectivity index (χ4n) is 2.13. The van der Waals surface area contributed by atoms with Gasteiger partial charge < -0.3 is 14.4 Å². The molecule has 0 bridgehead atoms. The van der Waals surface area contributed by atoms with E-state index in [9.17, 15) is 4.79 Å². The fourth-order valence-corrected chi connectivity index (χ4v) is 2.55. The number of carbonyl (C=O) groups is 1. The SMILES string of the molecule is CC(C)(C)OC(=O)N1CCC(Oc2ncc(Cl)cc2Cl)CC1. The molecule has 1 fully saturated rings. The first-order chi connectivity index (χ1) is 10.2. The van der Waals surface area contributed by atoms with Gasteiger partial charge in [-0.05, 0) is 26.8 Å². The van der Waals surface area contributed by atoms with Crippen LogP contribution in [0.2, 0.25) is 10.0 Å². The highest BCUT2D eigenvalue weighted by molar-refractivity contribution is 6.35. The zero-order valence-electron chi connectivity index (χ0n) is 12.9. The lowest BCUT2D eigenvalue weighted by atomic mass is 10.1. The molecule has 122 valence electrons. The van der Waals surface area contributed by atoms with Crippen molar-refractivity contribution in [3.05, 3.63) is 22.3 Å². The Hall–Kier alpha value is -1.20. The third-order valence-corrected chi connectivity index (χ3v) is 3.62. The van der Waals surface area contributed by atoms with Crippen LogP contribution in [0.3, 0.4) is 0 Å². The summed E-state index contributed by atoms with van der Waals surface area (Å²) in [7, 11) is 0. The van der Waals surface area contributed by atoms with Gasteiger partial charge in [0.05, 0.1) is 5.02 Å². The standard InChI is InChI=1S/C15H20Cl2N2O3/c1-15(2,3)22-14(20)19-6-4-11(5-7-19)21-13-12(17)8-10(16)9-18-13/h8-9,11H,4-7H2,1-3H3. The molecule has 22 heavy (non-hydrogen) atoms. The van der Waals surface area contributed by atoms with Gasteiger partial charge in [0.1, 0.15) is 16.7 Å². The smallest absolute Gasteiger partial charge is 0.410 e. The summed E-state index contributed by atoms with van der Waals surface area (Å²) in [5, 5.41) is 0.860. The topological polar surface area (TPSA) is 51.7 Å². The minimum Gasteiger partial charge on any atom is -0.473 e. The maximum Gasteiger partial charge on any atom is 0.410 e. The van der Waals surface area contributed by atoms with Crippen molar-refractivity contribution in [1.82, 2.24) is 9.88 Å². The first-order valence-corrected chi connectivity index (χ1v) is 7.96. The molecule has 7 heteroatoms. The molecule has 2 heterocycles. The number of amides is 1. The highest BCUT2D eigenvalue weighted by Gasteiger charge is 2.28. The van der Waals surface area contributed by atoms with Crippen LogP contribution in [-0.2, 0) is 4.74 Å². The van der Waals surface area contributed by atoms with E-state index >= 15 is 0 Å². The number of nitrogens with zero attached hydrogens (tertiary/aromatic N) is 2. The monoisotopic (exact) mass is 346 g/mol. The van der Waals surface area contributed by atoms with Gasteiger partial charge in [0.25, 0.3) is 0 Å². The van der Waals surface area contributed by atoms with Crippen molar-refractivity contribution in [2.45, 2.75) is 45.3 Å². The number of aromatic nitrogens is 1. The van der Waals surface area contributed by atoms with Crippen molar-refractivity contribution >= 4 is 29.3 Å². The molecule has 1 aliphatic rings. The minimum atomic E-state index is -0.481. The number of carbonyl (C=O) groups excluding carboxylic acids is 1. The number of ether oxygens (including phenoxy) is 2. The van der Waals surface area contributed by atoms with E-state index in [1.807, 2.05) is 20.8 Å². The van der Waals surface area contributed by atoms with Crippen LogP contribution in [0, 0.1) is 0 Å². The Kier molecular flexibility index (Phi) is 5.40. The molecule has 0 N–H and O–H groups in total. The average Bonchev–Trinajstić information content (AvgIpc) is 2.41. The molecule has 2 rings (SSSR count). The number of hydrogen-bond donors (Lipinski definition) is 0. The number of pyridine rings is 1. The summed E-state index contributed by atoms with van der Waals surface area (Å²) in [5.41, 5.74) is -0.481. The molecule has 0 radical (unpaired) electrons. The van der Waals surface area contributed by atoms with Gasteiger partial charge in [0.2, 0.25) is 5.88 Å². The van der Waals surface area contributed by atoms with E-state index in [0.29, 0.717) is 41.9 Å². The van der Waals surface area contributed by atoms with Crippen molar-refractivity contribution in [2.24, 2.45) is 0 Å². The molecule has 0 atom stereocenters. The molecule has 0 aliphatic carbocycles. The summed E-state index contributed by atoms with van der Waals surface area (Å²) in [6, 6.07) is 1.60. The second-order valence-corrected chi connectivity index (χ2v) is 7.07. The molecule has 0 spiro atoms. The predicted molar refractivity (Wildman–Crippen MR) is 85.7 cm³/mol. The Morgan fingerprint density at radius 1 is 1.32 bits per heavy atom. The van der Waals surface area contributed by atoms with Crippen LogP contribution >= 0.6 is 23.2 Å². The van der Waals surface area contributed by atoms with Gasteiger partial charge in [-0.3, -0.25) is 0 Å². The van der Waals surface area contributed by atoms with Crippen LogP contribution in [0.4, 0.5) is 4.79 Å². The molecule has 1 aromatic rings.